The number of nitrogens with one attached hydrogen (secondary N) is 2. The van der Waals surface area contributed by atoms with E-state index in [0.29, 0.717) is 22.6 Å². The van der Waals surface area contributed by atoms with Gasteiger partial charge in [0.15, 0.2) is 0 Å². The molecule has 22 heavy (non-hydrogen) atoms. The highest BCUT2D eigenvalue weighted by Gasteiger charge is 2.14. The third-order valence-corrected chi connectivity index (χ3v) is 3.15. The van der Waals surface area contributed by atoms with Crippen molar-refractivity contribution in [3.63, 3.8) is 0 Å². The van der Waals surface area contributed by atoms with E-state index in [1.165, 1.54) is 6.20 Å². The summed E-state index contributed by atoms with van der Waals surface area (Å²) in [6, 6.07) is 7.23. The van der Waals surface area contributed by atoms with Gasteiger partial charge in [0.05, 0.1) is 24.0 Å². The molecule has 0 fully saturated rings. The number of hydrogen-bond donors (Lipinski definition) is 3. The van der Waals surface area contributed by atoms with E-state index in [0.717, 1.165) is 0 Å². The van der Waals surface area contributed by atoms with E-state index in [2.05, 4.69) is 15.5 Å². The Hall–Kier alpha value is -2.34. The van der Waals surface area contributed by atoms with Gasteiger partial charge in [-0.05, 0) is 38.5 Å². The van der Waals surface area contributed by atoms with Crippen molar-refractivity contribution in [1.82, 2.24) is 15.5 Å². The first-order valence-corrected chi connectivity index (χ1v) is 7.20. The molecule has 1 heterocycles. The van der Waals surface area contributed by atoms with E-state index >= 15 is 0 Å². The number of aliphatic hydroxyl groups is 1. The van der Waals surface area contributed by atoms with Crippen LogP contribution >= 0.6 is 0 Å². The normalized spacial score (nSPS) is 12.2. The molecule has 0 saturated heterocycles. The molecular formula is C16H21N3O3. The average Bonchev–Trinajstić information content (AvgIpc) is 2.90. The standard InChI is InChI=1S/C16H21N3O3/c1-10(2)22-13-6-4-5-12(7-13)15(20)9-17-16(21)14-8-18-19-11(14)3/h4-8,10,15,20H,9H2,1-3H3,(H,17,21)(H,18,19). The van der Waals surface area contributed by atoms with Gasteiger partial charge in [0, 0.05) is 12.2 Å². The van der Waals surface area contributed by atoms with Crippen LogP contribution in [0.3, 0.4) is 0 Å². The molecular weight excluding hydrogens is 282 g/mol. The summed E-state index contributed by atoms with van der Waals surface area (Å²) >= 11 is 0. The van der Waals surface area contributed by atoms with Crippen LogP contribution < -0.4 is 10.1 Å². The minimum Gasteiger partial charge on any atom is -0.491 e. The number of carbonyl (C=O) groups is 1. The molecule has 6 nitrogen and oxygen atoms in total. The average molecular weight is 303 g/mol. The second kappa shape index (κ2) is 7.09. The molecule has 0 spiro atoms. The maximum atomic E-state index is 12.0. The number of aliphatic hydroxyl groups excluding tert-OH is 1. The number of aromatic amines is 1. The van der Waals surface area contributed by atoms with Crippen LogP contribution in [0.15, 0.2) is 30.5 Å². The highest BCUT2D eigenvalue weighted by atomic mass is 16.5. The molecule has 0 aliphatic heterocycles. The predicted octanol–water partition coefficient (Wildman–Crippen LogP) is 1.97. The van der Waals surface area contributed by atoms with Gasteiger partial charge in [0.25, 0.3) is 5.91 Å². The van der Waals surface area contributed by atoms with Crippen LogP contribution in [-0.2, 0) is 0 Å². The second-order valence-corrected chi connectivity index (χ2v) is 5.37. The molecule has 0 aliphatic carbocycles. The number of aryl methyl sites for hydroxylation is 1. The van der Waals surface area contributed by atoms with Gasteiger partial charge in [0.2, 0.25) is 0 Å². The Morgan fingerprint density at radius 2 is 2.23 bits per heavy atom. The number of aromatic nitrogens is 2. The molecule has 1 aromatic carbocycles. The van der Waals surface area contributed by atoms with Gasteiger partial charge in [-0.3, -0.25) is 9.89 Å². The van der Waals surface area contributed by atoms with Crippen molar-refractivity contribution < 1.29 is 14.6 Å². The fraction of sp³-hybridized carbons (Fsp3) is 0.375. The fourth-order valence-corrected chi connectivity index (χ4v) is 2.05. The van der Waals surface area contributed by atoms with Gasteiger partial charge in [0.1, 0.15) is 5.75 Å². The lowest BCUT2D eigenvalue weighted by Gasteiger charge is -2.15. The summed E-state index contributed by atoms with van der Waals surface area (Å²) in [7, 11) is 0. The van der Waals surface area contributed by atoms with Crippen molar-refractivity contribution >= 4 is 5.91 Å². The molecule has 6 heteroatoms. The second-order valence-electron chi connectivity index (χ2n) is 5.37. The quantitative estimate of drug-likeness (QED) is 0.761. The molecule has 3 N–H and O–H groups in total. The van der Waals surface area contributed by atoms with E-state index in [1.807, 2.05) is 26.0 Å². The number of rotatable bonds is 6. The summed E-state index contributed by atoms with van der Waals surface area (Å²) in [5.74, 6) is 0.434. The van der Waals surface area contributed by atoms with Gasteiger partial charge in [-0.25, -0.2) is 0 Å². The fourth-order valence-electron chi connectivity index (χ4n) is 2.05. The summed E-state index contributed by atoms with van der Waals surface area (Å²) in [6.07, 6.45) is 0.733. The van der Waals surface area contributed by atoms with Crippen LogP contribution in [-0.4, -0.2) is 33.9 Å². The van der Waals surface area contributed by atoms with Gasteiger partial charge < -0.3 is 15.2 Å². The topological polar surface area (TPSA) is 87.2 Å². The lowest BCUT2D eigenvalue weighted by molar-refractivity contribution is 0.0915. The molecule has 0 saturated carbocycles. The smallest absolute Gasteiger partial charge is 0.254 e. The molecule has 1 amide bonds. The Labute approximate surface area is 129 Å². The minimum atomic E-state index is -0.799. The number of hydrogen-bond acceptors (Lipinski definition) is 4. The first-order valence-electron chi connectivity index (χ1n) is 7.20. The Morgan fingerprint density at radius 3 is 2.86 bits per heavy atom. The Morgan fingerprint density at radius 1 is 1.45 bits per heavy atom. The third kappa shape index (κ3) is 4.08. The van der Waals surface area contributed by atoms with Crippen LogP contribution in [0, 0.1) is 6.92 Å². The minimum absolute atomic E-state index is 0.0659. The Kier molecular flexibility index (Phi) is 5.16. The highest BCUT2D eigenvalue weighted by Crippen LogP contribution is 2.20. The van der Waals surface area contributed by atoms with E-state index in [4.69, 9.17) is 4.74 Å². The van der Waals surface area contributed by atoms with Crippen LogP contribution in [0.25, 0.3) is 0 Å². The van der Waals surface area contributed by atoms with Gasteiger partial charge >= 0.3 is 0 Å². The van der Waals surface area contributed by atoms with Crippen molar-refractivity contribution in [2.45, 2.75) is 33.0 Å². The summed E-state index contributed by atoms with van der Waals surface area (Å²) in [4.78, 5) is 12.0. The summed E-state index contributed by atoms with van der Waals surface area (Å²) < 4.78 is 5.59. The van der Waals surface area contributed by atoms with Crippen molar-refractivity contribution in [1.29, 1.82) is 0 Å². The molecule has 0 radical (unpaired) electrons. The maximum absolute atomic E-state index is 12.0. The van der Waals surface area contributed by atoms with Crippen molar-refractivity contribution in [2.24, 2.45) is 0 Å². The molecule has 2 aromatic rings. The monoisotopic (exact) mass is 303 g/mol. The van der Waals surface area contributed by atoms with Crippen LogP contribution in [0.1, 0.15) is 41.6 Å². The first kappa shape index (κ1) is 16.0. The first-order chi connectivity index (χ1) is 10.5. The number of ether oxygens (including phenoxy) is 1. The maximum Gasteiger partial charge on any atom is 0.254 e. The highest BCUT2D eigenvalue weighted by molar-refractivity contribution is 5.94. The number of H-pyrrole nitrogens is 1. The van der Waals surface area contributed by atoms with Crippen LogP contribution in [0.2, 0.25) is 0 Å². The molecule has 118 valence electrons. The number of amides is 1. The number of carbonyl (C=O) groups excluding carboxylic acids is 1. The lowest BCUT2D eigenvalue weighted by atomic mass is 10.1. The van der Waals surface area contributed by atoms with Crippen LogP contribution in [0.5, 0.6) is 5.75 Å². The summed E-state index contributed by atoms with van der Waals surface area (Å²) in [5.41, 5.74) is 1.87. The summed E-state index contributed by atoms with van der Waals surface area (Å²) in [5, 5.41) is 19.4. The molecule has 2 rings (SSSR count). The van der Waals surface area contributed by atoms with Gasteiger partial charge in [-0.2, -0.15) is 5.10 Å². The lowest BCUT2D eigenvalue weighted by Crippen LogP contribution is -2.28. The SMILES string of the molecule is Cc1[nH]ncc1C(=O)NCC(O)c1cccc(OC(C)C)c1. The zero-order valence-corrected chi connectivity index (χ0v) is 13.0. The zero-order chi connectivity index (χ0) is 16.1. The van der Waals surface area contributed by atoms with E-state index in [9.17, 15) is 9.90 Å². The van der Waals surface area contributed by atoms with Gasteiger partial charge in [-0.15, -0.1) is 0 Å². The zero-order valence-electron chi connectivity index (χ0n) is 13.0. The predicted molar refractivity (Wildman–Crippen MR) is 82.8 cm³/mol. The van der Waals surface area contributed by atoms with Crippen molar-refractivity contribution in [3.8, 4) is 5.75 Å². The molecule has 0 bridgehead atoms. The van der Waals surface area contributed by atoms with Crippen molar-refractivity contribution in [2.75, 3.05) is 6.54 Å². The third-order valence-electron chi connectivity index (χ3n) is 3.15. The van der Waals surface area contributed by atoms with E-state index in [1.54, 1.807) is 19.1 Å². The number of nitrogens with zero attached hydrogens (tertiary/aromatic N) is 1. The Balaban J connectivity index is 1.96. The van der Waals surface area contributed by atoms with Gasteiger partial charge in [-0.1, -0.05) is 12.1 Å². The van der Waals surface area contributed by atoms with Crippen LogP contribution in [0.4, 0.5) is 0 Å². The van der Waals surface area contributed by atoms with E-state index < -0.39 is 6.10 Å². The summed E-state index contributed by atoms with van der Waals surface area (Å²) in [6.45, 7) is 5.77. The Bertz CT molecular complexity index is 637. The van der Waals surface area contributed by atoms with Crippen molar-refractivity contribution in [3.05, 3.63) is 47.3 Å². The molecule has 0 aliphatic rings. The largest absolute Gasteiger partial charge is 0.491 e. The number of benzene rings is 1. The van der Waals surface area contributed by atoms with E-state index in [-0.39, 0.29) is 18.6 Å². The molecule has 1 unspecified atom stereocenters. The molecule has 1 aromatic heterocycles. The molecule has 1 atom stereocenters.